The molecule has 2 aromatic rings. The average molecular weight is 366 g/mol. The maximum Gasteiger partial charge on any atom is 0.223 e. The molecule has 0 aromatic heterocycles. The van der Waals surface area contributed by atoms with Crippen LogP contribution in [0.1, 0.15) is 28.7 Å². The first-order chi connectivity index (χ1) is 13.2. The van der Waals surface area contributed by atoms with Gasteiger partial charge in [-0.2, -0.15) is 4.91 Å². The first kappa shape index (κ1) is 19.2. The van der Waals surface area contributed by atoms with Gasteiger partial charge in [-0.15, -0.1) is 0 Å². The van der Waals surface area contributed by atoms with Gasteiger partial charge in [-0.05, 0) is 41.5 Å². The zero-order valence-corrected chi connectivity index (χ0v) is 15.6. The highest BCUT2D eigenvalue weighted by Gasteiger charge is 2.16. The third-order valence-corrected chi connectivity index (χ3v) is 4.94. The molecule has 1 aliphatic heterocycles. The third-order valence-electron chi connectivity index (χ3n) is 4.94. The Morgan fingerprint density at radius 2 is 1.37 bits per heavy atom. The molecule has 5 heteroatoms. The molecule has 1 saturated heterocycles. The van der Waals surface area contributed by atoms with Crippen molar-refractivity contribution in [1.82, 2.24) is 4.90 Å². The molecule has 1 fully saturated rings. The molecule has 0 N–H and O–H groups in total. The molecule has 3 rings (SSSR count). The molecule has 0 radical (unpaired) electrons. The van der Waals surface area contributed by atoms with Crippen molar-refractivity contribution < 1.29 is 9.53 Å². The van der Waals surface area contributed by atoms with Crippen molar-refractivity contribution in [2.24, 2.45) is 5.18 Å². The molecule has 0 saturated carbocycles. The number of amides is 1. The quantitative estimate of drug-likeness (QED) is 0.673. The summed E-state index contributed by atoms with van der Waals surface area (Å²) in [5.74, 6) is 0.215. The molecule has 0 bridgehead atoms. The molecule has 1 aliphatic rings. The molecule has 5 nitrogen and oxygen atoms in total. The zero-order valence-electron chi connectivity index (χ0n) is 15.6. The van der Waals surface area contributed by atoms with Gasteiger partial charge in [-0.3, -0.25) is 4.79 Å². The van der Waals surface area contributed by atoms with Crippen LogP contribution in [0, 0.1) is 4.91 Å². The number of nitroso groups, excluding NO2 is 1. The van der Waals surface area contributed by atoms with Crippen LogP contribution < -0.4 is 0 Å². The van der Waals surface area contributed by atoms with Crippen LogP contribution in [0.5, 0.6) is 0 Å². The molecule has 142 valence electrons. The molecule has 0 atom stereocenters. The molecular formula is C22H26N2O3. The van der Waals surface area contributed by atoms with E-state index in [2.05, 4.69) is 53.7 Å². The van der Waals surface area contributed by atoms with E-state index in [4.69, 9.17) is 4.74 Å². The van der Waals surface area contributed by atoms with Gasteiger partial charge >= 0.3 is 0 Å². The zero-order chi connectivity index (χ0) is 18.9. The van der Waals surface area contributed by atoms with E-state index in [1.54, 1.807) is 0 Å². The number of hydrogen-bond donors (Lipinski definition) is 0. The molecule has 27 heavy (non-hydrogen) atoms. The maximum absolute atomic E-state index is 12.2. The SMILES string of the molecule is O=NCCc1ccc(Cc2ccc(CCC(=O)N3CCOCC3)cc2)cc1. The minimum Gasteiger partial charge on any atom is -0.378 e. The average Bonchev–Trinajstić information content (AvgIpc) is 2.73. The summed E-state index contributed by atoms with van der Waals surface area (Å²) in [6.07, 6.45) is 2.90. The standard InChI is InChI=1S/C22H26N2O3/c25-22(24-13-15-27-16-14-24)10-9-18-1-5-20(6-2-18)17-21-7-3-19(4-8-21)11-12-23-26/h1-8H,9-17H2. The molecule has 0 aliphatic carbocycles. The van der Waals surface area contributed by atoms with E-state index in [9.17, 15) is 9.70 Å². The second kappa shape index (κ2) is 9.97. The van der Waals surface area contributed by atoms with E-state index in [1.807, 2.05) is 4.90 Å². The van der Waals surface area contributed by atoms with E-state index in [0.717, 1.165) is 18.4 Å². The number of aryl methyl sites for hydroxylation is 1. The Hall–Kier alpha value is -2.53. The molecule has 0 unspecified atom stereocenters. The lowest BCUT2D eigenvalue weighted by Gasteiger charge is -2.26. The lowest BCUT2D eigenvalue weighted by Crippen LogP contribution is -2.40. The van der Waals surface area contributed by atoms with Crippen LogP contribution in [-0.4, -0.2) is 43.7 Å². The van der Waals surface area contributed by atoms with Crippen LogP contribution in [0.2, 0.25) is 0 Å². The fourth-order valence-corrected chi connectivity index (χ4v) is 3.28. The van der Waals surface area contributed by atoms with Gasteiger partial charge in [0.05, 0.1) is 19.8 Å². The van der Waals surface area contributed by atoms with Crippen LogP contribution in [0.3, 0.4) is 0 Å². The highest BCUT2D eigenvalue weighted by Crippen LogP contribution is 2.14. The normalized spacial score (nSPS) is 14.1. The second-order valence-corrected chi connectivity index (χ2v) is 6.91. The number of ether oxygens (including phenoxy) is 1. The predicted octanol–water partition coefficient (Wildman–Crippen LogP) is 3.38. The van der Waals surface area contributed by atoms with Gasteiger partial charge in [0.15, 0.2) is 0 Å². The number of rotatable bonds is 8. The molecular weight excluding hydrogens is 340 g/mol. The van der Waals surface area contributed by atoms with Crippen molar-refractivity contribution in [3.05, 3.63) is 75.7 Å². The van der Waals surface area contributed by atoms with Gasteiger partial charge in [-0.1, -0.05) is 53.7 Å². The smallest absolute Gasteiger partial charge is 0.223 e. The van der Waals surface area contributed by atoms with E-state index >= 15 is 0 Å². The maximum atomic E-state index is 12.2. The first-order valence-electron chi connectivity index (χ1n) is 9.55. The number of benzene rings is 2. The number of carbonyl (C=O) groups is 1. The summed E-state index contributed by atoms with van der Waals surface area (Å²) in [6.45, 7) is 3.05. The topological polar surface area (TPSA) is 59.0 Å². The molecule has 2 aromatic carbocycles. The summed E-state index contributed by atoms with van der Waals surface area (Å²) >= 11 is 0. The fourth-order valence-electron chi connectivity index (χ4n) is 3.28. The van der Waals surface area contributed by atoms with Gasteiger partial charge in [0.2, 0.25) is 5.91 Å². The number of morpholine rings is 1. The Balaban J connectivity index is 1.48. The molecule has 1 amide bonds. The largest absolute Gasteiger partial charge is 0.378 e. The van der Waals surface area contributed by atoms with Crippen molar-refractivity contribution in [3.8, 4) is 0 Å². The van der Waals surface area contributed by atoms with Crippen LogP contribution in [0.25, 0.3) is 0 Å². The van der Waals surface area contributed by atoms with Crippen molar-refractivity contribution in [3.63, 3.8) is 0 Å². The summed E-state index contributed by atoms with van der Waals surface area (Å²) in [5, 5.41) is 2.90. The highest BCUT2D eigenvalue weighted by molar-refractivity contribution is 5.76. The summed E-state index contributed by atoms with van der Waals surface area (Å²) in [4.78, 5) is 24.3. The number of hydrogen-bond acceptors (Lipinski definition) is 4. The van der Waals surface area contributed by atoms with Crippen molar-refractivity contribution in [2.75, 3.05) is 32.8 Å². The van der Waals surface area contributed by atoms with Crippen molar-refractivity contribution in [2.45, 2.75) is 25.7 Å². The van der Waals surface area contributed by atoms with Crippen molar-refractivity contribution in [1.29, 1.82) is 0 Å². The second-order valence-electron chi connectivity index (χ2n) is 6.91. The Morgan fingerprint density at radius 1 is 0.852 bits per heavy atom. The minimum atomic E-state index is 0.215. The predicted molar refractivity (Wildman–Crippen MR) is 106 cm³/mol. The molecule has 0 spiro atoms. The Kier molecular flexibility index (Phi) is 7.11. The van der Waals surface area contributed by atoms with Gasteiger partial charge in [0.25, 0.3) is 0 Å². The van der Waals surface area contributed by atoms with Gasteiger partial charge in [0, 0.05) is 19.5 Å². The number of nitrogens with zero attached hydrogens (tertiary/aromatic N) is 2. The minimum absolute atomic E-state index is 0.215. The monoisotopic (exact) mass is 366 g/mol. The van der Waals surface area contributed by atoms with E-state index in [1.165, 1.54) is 16.7 Å². The van der Waals surface area contributed by atoms with Crippen molar-refractivity contribution >= 4 is 5.91 Å². The van der Waals surface area contributed by atoms with E-state index in [0.29, 0.717) is 45.7 Å². The van der Waals surface area contributed by atoms with Crippen LogP contribution in [-0.2, 0) is 28.8 Å². The third kappa shape index (κ3) is 6.00. The van der Waals surface area contributed by atoms with Crippen LogP contribution in [0.15, 0.2) is 53.7 Å². The summed E-state index contributed by atoms with van der Waals surface area (Å²) in [5.41, 5.74) is 4.82. The fraction of sp³-hybridized carbons (Fsp3) is 0.409. The van der Waals surface area contributed by atoms with Gasteiger partial charge in [0.1, 0.15) is 0 Å². The Morgan fingerprint density at radius 3 is 1.93 bits per heavy atom. The lowest BCUT2D eigenvalue weighted by atomic mass is 10.0. The van der Waals surface area contributed by atoms with E-state index in [-0.39, 0.29) is 5.91 Å². The first-order valence-corrected chi connectivity index (χ1v) is 9.55. The Bertz CT molecular complexity index is 735. The summed E-state index contributed by atoms with van der Waals surface area (Å²) in [7, 11) is 0. The highest BCUT2D eigenvalue weighted by atomic mass is 16.5. The van der Waals surface area contributed by atoms with Crippen LogP contribution >= 0.6 is 0 Å². The lowest BCUT2D eigenvalue weighted by molar-refractivity contribution is -0.135. The summed E-state index contributed by atoms with van der Waals surface area (Å²) < 4.78 is 5.29. The molecule has 1 heterocycles. The summed E-state index contributed by atoms with van der Waals surface area (Å²) in [6, 6.07) is 16.8. The van der Waals surface area contributed by atoms with Crippen LogP contribution in [0.4, 0.5) is 0 Å². The number of carbonyl (C=O) groups excluding carboxylic acids is 1. The van der Waals surface area contributed by atoms with Gasteiger partial charge < -0.3 is 9.64 Å². The van der Waals surface area contributed by atoms with E-state index < -0.39 is 0 Å². The Labute approximate surface area is 160 Å². The van der Waals surface area contributed by atoms with Gasteiger partial charge in [-0.25, -0.2) is 0 Å².